The third kappa shape index (κ3) is 3.59. The van der Waals surface area contributed by atoms with Crippen molar-refractivity contribution in [1.29, 1.82) is 0 Å². The van der Waals surface area contributed by atoms with Crippen LogP contribution in [0.2, 0.25) is 0 Å². The molecule has 0 spiro atoms. The fourth-order valence-electron chi connectivity index (χ4n) is 3.17. The first kappa shape index (κ1) is 13.6. The maximum Gasteiger partial charge on any atom is 0.139 e. The second-order valence-corrected chi connectivity index (χ2v) is 6.02. The van der Waals surface area contributed by atoms with Gasteiger partial charge in [-0.3, -0.25) is 0 Å². The molecule has 0 amide bonds. The molecule has 5 nitrogen and oxygen atoms in total. The average Bonchev–Trinajstić information content (AvgIpc) is 3.09. The molecule has 2 aliphatic rings. The van der Waals surface area contributed by atoms with Crippen molar-refractivity contribution < 1.29 is 10.3 Å². The molecule has 0 radical (unpaired) electrons. The number of piperidine rings is 1. The van der Waals surface area contributed by atoms with Gasteiger partial charge in [0.05, 0.1) is 0 Å². The van der Waals surface area contributed by atoms with Gasteiger partial charge in [0, 0.05) is 26.1 Å². The number of aliphatic hydroxyl groups is 1. The quantitative estimate of drug-likeness (QED) is 0.286. The van der Waals surface area contributed by atoms with E-state index in [0.29, 0.717) is 24.8 Å². The van der Waals surface area contributed by atoms with Crippen LogP contribution >= 0.6 is 0 Å². The van der Waals surface area contributed by atoms with Gasteiger partial charge in [0.15, 0.2) is 0 Å². The molecule has 0 bridgehead atoms. The van der Waals surface area contributed by atoms with E-state index in [1.807, 2.05) is 0 Å². The predicted molar refractivity (Wildman–Crippen MR) is 70.6 cm³/mol. The van der Waals surface area contributed by atoms with E-state index in [4.69, 9.17) is 16.0 Å². The molecule has 5 heteroatoms. The van der Waals surface area contributed by atoms with Crippen LogP contribution in [-0.2, 0) is 0 Å². The molecule has 1 atom stereocenters. The number of oxime groups is 1. The smallest absolute Gasteiger partial charge is 0.139 e. The fourth-order valence-corrected chi connectivity index (χ4v) is 3.17. The molecule has 1 aliphatic heterocycles. The van der Waals surface area contributed by atoms with Crippen molar-refractivity contribution in [1.82, 2.24) is 4.90 Å². The van der Waals surface area contributed by atoms with Crippen molar-refractivity contribution in [2.45, 2.75) is 38.5 Å². The zero-order valence-corrected chi connectivity index (χ0v) is 11.0. The Labute approximate surface area is 109 Å². The van der Waals surface area contributed by atoms with E-state index in [-0.39, 0.29) is 5.41 Å². The summed E-state index contributed by atoms with van der Waals surface area (Å²) in [5.41, 5.74) is 5.89. The summed E-state index contributed by atoms with van der Waals surface area (Å²) >= 11 is 0. The standard InChI is InChI=1S/C13H25N3O2/c14-12(15-18)8-13(4-5-13)10-16-6-1-2-11(9-16)3-7-17/h11,17-18H,1-10H2,(H2,14,15). The Morgan fingerprint density at radius 2 is 2.22 bits per heavy atom. The van der Waals surface area contributed by atoms with Gasteiger partial charge in [-0.15, -0.1) is 0 Å². The minimum absolute atomic E-state index is 0.261. The molecule has 2 fully saturated rings. The fraction of sp³-hybridized carbons (Fsp3) is 0.923. The van der Waals surface area contributed by atoms with Gasteiger partial charge in [-0.1, -0.05) is 5.16 Å². The second-order valence-electron chi connectivity index (χ2n) is 6.02. The first-order valence-electron chi connectivity index (χ1n) is 6.97. The van der Waals surface area contributed by atoms with Crippen molar-refractivity contribution in [3.63, 3.8) is 0 Å². The summed E-state index contributed by atoms with van der Waals surface area (Å²) in [7, 11) is 0. The van der Waals surface area contributed by atoms with Crippen LogP contribution in [0.25, 0.3) is 0 Å². The molecular weight excluding hydrogens is 230 g/mol. The van der Waals surface area contributed by atoms with Gasteiger partial charge < -0.3 is 20.9 Å². The van der Waals surface area contributed by atoms with E-state index in [0.717, 1.165) is 26.1 Å². The zero-order chi connectivity index (χ0) is 13.0. The Bertz CT molecular complexity index is 301. The third-order valence-corrected chi connectivity index (χ3v) is 4.34. The summed E-state index contributed by atoms with van der Waals surface area (Å²) in [6.45, 7) is 3.61. The Morgan fingerprint density at radius 3 is 2.83 bits per heavy atom. The highest BCUT2D eigenvalue weighted by atomic mass is 16.4. The highest BCUT2D eigenvalue weighted by molar-refractivity contribution is 5.80. The maximum absolute atomic E-state index is 9.02. The minimum atomic E-state index is 0.261. The number of amidine groups is 1. The molecule has 18 heavy (non-hydrogen) atoms. The summed E-state index contributed by atoms with van der Waals surface area (Å²) in [4.78, 5) is 2.50. The van der Waals surface area contributed by atoms with E-state index in [2.05, 4.69) is 10.1 Å². The van der Waals surface area contributed by atoms with Crippen LogP contribution in [0, 0.1) is 11.3 Å². The van der Waals surface area contributed by atoms with Crippen LogP contribution < -0.4 is 5.73 Å². The summed E-state index contributed by atoms with van der Waals surface area (Å²) in [6, 6.07) is 0. The van der Waals surface area contributed by atoms with E-state index in [1.54, 1.807) is 0 Å². The molecule has 104 valence electrons. The van der Waals surface area contributed by atoms with Crippen LogP contribution in [0.1, 0.15) is 38.5 Å². The molecule has 0 aromatic heterocycles. The Hall–Kier alpha value is -0.810. The third-order valence-electron chi connectivity index (χ3n) is 4.34. The topological polar surface area (TPSA) is 82.1 Å². The molecule has 1 aliphatic carbocycles. The van der Waals surface area contributed by atoms with Gasteiger partial charge in [-0.05, 0) is 50.0 Å². The van der Waals surface area contributed by atoms with Crippen molar-refractivity contribution in [3.05, 3.63) is 0 Å². The Morgan fingerprint density at radius 1 is 1.44 bits per heavy atom. The summed E-state index contributed by atoms with van der Waals surface area (Å²) in [5, 5.41) is 20.8. The summed E-state index contributed by atoms with van der Waals surface area (Å²) < 4.78 is 0. The van der Waals surface area contributed by atoms with Crippen molar-refractivity contribution in [3.8, 4) is 0 Å². The summed E-state index contributed by atoms with van der Waals surface area (Å²) in [5.74, 6) is 1.000. The zero-order valence-electron chi connectivity index (χ0n) is 11.0. The SMILES string of the molecule is NC(CC1(CN2CCCC(CCO)C2)CC1)=NO. The molecule has 0 aromatic carbocycles. The molecule has 2 rings (SSSR count). The van der Waals surface area contributed by atoms with Gasteiger partial charge in [-0.2, -0.15) is 0 Å². The van der Waals surface area contributed by atoms with Crippen molar-refractivity contribution in [2.75, 3.05) is 26.2 Å². The van der Waals surface area contributed by atoms with Crippen molar-refractivity contribution >= 4 is 5.84 Å². The lowest BCUT2D eigenvalue weighted by atomic mass is 9.93. The number of rotatable bonds is 6. The van der Waals surface area contributed by atoms with Gasteiger partial charge >= 0.3 is 0 Å². The monoisotopic (exact) mass is 255 g/mol. The van der Waals surface area contributed by atoms with E-state index < -0.39 is 0 Å². The highest BCUT2D eigenvalue weighted by Crippen LogP contribution is 2.49. The number of nitrogens with zero attached hydrogens (tertiary/aromatic N) is 2. The number of aliphatic hydroxyl groups excluding tert-OH is 1. The lowest BCUT2D eigenvalue weighted by Crippen LogP contribution is -2.40. The van der Waals surface area contributed by atoms with Crippen LogP contribution in [-0.4, -0.2) is 47.3 Å². The molecular formula is C13H25N3O2. The normalized spacial score (nSPS) is 28.3. The predicted octanol–water partition coefficient (Wildman–Crippen LogP) is 0.997. The van der Waals surface area contributed by atoms with Crippen LogP contribution in [0.4, 0.5) is 0 Å². The van der Waals surface area contributed by atoms with Crippen LogP contribution in [0.15, 0.2) is 5.16 Å². The minimum Gasteiger partial charge on any atom is -0.409 e. The molecule has 0 aromatic rings. The van der Waals surface area contributed by atoms with Crippen molar-refractivity contribution in [2.24, 2.45) is 22.2 Å². The number of likely N-dealkylation sites (tertiary alicyclic amines) is 1. The average molecular weight is 255 g/mol. The molecule has 1 heterocycles. The van der Waals surface area contributed by atoms with E-state index >= 15 is 0 Å². The molecule has 1 saturated carbocycles. The first-order valence-corrected chi connectivity index (χ1v) is 6.97. The maximum atomic E-state index is 9.02. The second kappa shape index (κ2) is 5.89. The Kier molecular flexibility index (Phi) is 4.45. The van der Waals surface area contributed by atoms with Gasteiger partial charge in [0.25, 0.3) is 0 Å². The lowest BCUT2D eigenvalue weighted by molar-refractivity contribution is 0.127. The van der Waals surface area contributed by atoms with E-state index in [1.165, 1.54) is 25.7 Å². The largest absolute Gasteiger partial charge is 0.409 e. The van der Waals surface area contributed by atoms with Crippen LogP contribution in [0.5, 0.6) is 0 Å². The first-order chi connectivity index (χ1) is 8.67. The highest BCUT2D eigenvalue weighted by Gasteiger charge is 2.44. The number of nitrogens with two attached hydrogens (primary N) is 1. The number of hydrogen-bond donors (Lipinski definition) is 3. The Balaban J connectivity index is 1.82. The van der Waals surface area contributed by atoms with Crippen LogP contribution in [0.3, 0.4) is 0 Å². The van der Waals surface area contributed by atoms with E-state index in [9.17, 15) is 0 Å². The molecule has 1 saturated heterocycles. The number of hydrogen-bond acceptors (Lipinski definition) is 4. The van der Waals surface area contributed by atoms with Gasteiger partial charge in [-0.25, -0.2) is 0 Å². The van der Waals surface area contributed by atoms with Gasteiger partial charge in [0.2, 0.25) is 0 Å². The van der Waals surface area contributed by atoms with Gasteiger partial charge in [0.1, 0.15) is 5.84 Å². The lowest BCUT2D eigenvalue weighted by Gasteiger charge is -2.35. The summed E-state index contributed by atoms with van der Waals surface area (Å²) in [6.07, 6.45) is 6.47. The molecule has 1 unspecified atom stereocenters. The molecule has 4 N–H and O–H groups in total.